The Morgan fingerprint density at radius 2 is 1.31 bits per heavy atom. The first kappa shape index (κ1) is 17.2. The molecule has 0 aliphatic heterocycles. The van der Waals surface area contributed by atoms with Crippen molar-refractivity contribution in [2.45, 2.75) is 6.92 Å². The Morgan fingerprint density at radius 1 is 0.769 bits per heavy atom. The monoisotopic (exact) mass is 346 g/mol. The molecule has 3 aromatic rings. The number of amides is 1. The average molecular weight is 346 g/mol. The van der Waals surface area contributed by atoms with Crippen molar-refractivity contribution in [2.75, 3.05) is 5.17 Å². The molecule has 3 aromatic carbocycles. The molecule has 0 saturated heterocycles. The number of carbonyl (C=O) groups excluding carboxylic acids is 2. The Balaban J connectivity index is 1.86. The number of hydrogen-bond donors (Lipinski definition) is 1. The van der Waals surface area contributed by atoms with Crippen molar-refractivity contribution in [3.05, 3.63) is 102 Å². The number of hydrazine groups is 1. The van der Waals surface area contributed by atoms with Crippen molar-refractivity contribution < 1.29 is 14.4 Å². The van der Waals surface area contributed by atoms with E-state index in [-0.39, 0.29) is 5.91 Å². The zero-order chi connectivity index (χ0) is 18.4. The number of rotatable bonds is 5. The molecule has 0 unspecified atom stereocenters. The van der Waals surface area contributed by atoms with Crippen LogP contribution in [0.2, 0.25) is 0 Å². The number of nitrogens with one attached hydrogen (secondary N) is 1. The number of nitrogens with zero attached hydrogens (tertiary/aromatic N) is 1. The molecule has 130 valence electrons. The van der Waals surface area contributed by atoms with E-state index in [0.29, 0.717) is 16.8 Å². The van der Waals surface area contributed by atoms with Crippen LogP contribution in [0, 0.1) is 6.92 Å². The molecular formula is C21H18N2O3. The van der Waals surface area contributed by atoms with E-state index in [1.54, 1.807) is 60.7 Å². The highest BCUT2D eigenvalue weighted by Gasteiger charge is 2.19. The fourth-order valence-corrected chi connectivity index (χ4v) is 2.38. The lowest BCUT2D eigenvalue weighted by Gasteiger charge is -2.24. The number of aryl methyl sites for hydroxylation is 1. The highest BCUT2D eigenvalue weighted by molar-refractivity contribution is 5.95. The maximum Gasteiger partial charge on any atom is 0.365 e. The SMILES string of the molecule is Cc1ccccc1N(NC(=O)c1ccccc1)OC(=O)c1ccccc1. The molecule has 0 fully saturated rings. The number of anilines is 1. The van der Waals surface area contributed by atoms with Gasteiger partial charge in [0, 0.05) is 5.56 Å². The van der Waals surface area contributed by atoms with Crippen LogP contribution in [0.3, 0.4) is 0 Å². The van der Waals surface area contributed by atoms with Crippen molar-refractivity contribution in [3.63, 3.8) is 0 Å². The third kappa shape index (κ3) is 4.08. The maximum atomic E-state index is 12.5. The average Bonchev–Trinajstić information content (AvgIpc) is 2.69. The number of carbonyl (C=O) groups is 2. The van der Waals surface area contributed by atoms with Crippen LogP contribution in [0.4, 0.5) is 5.69 Å². The molecule has 0 bridgehead atoms. The lowest BCUT2D eigenvalue weighted by molar-refractivity contribution is 0.0382. The molecule has 5 heteroatoms. The molecule has 1 N–H and O–H groups in total. The van der Waals surface area contributed by atoms with E-state index in [0.717, 1.165) is 10.7 Å². The van der Waals surface area contributed by atoms with Crippen LogP contribution >= 0.6 is 0 Å². The smallest absolute Gasteiger partial charge is 0.315 e. The van der Waals surface area contributed by atoms with E-state index in [1.807, 2.05) is 31.2 Å². The van der Waals surface area contributed by atoms with Crippen LogP contribution in [0.25, 0.3) is 0 Å². The molecule has 0 aromatic heterocycles. The molecule has 3 rings (SSSR count). The predicted molar refractivity (Wildman–Crippen MR) is 99.4 cm³/mol. The zero-order valence-electron chi connectivity index (χ0n) is 14.3. The molecule has 0 atom stereocenters. The molecule has 26 heavy (non-hydrogen) atoms. The summed E-state index contributed by atoms with van der Waals surface area (Å²) in [6, 6.07) is 24.6. The van der Waals surface area contributed by atoms with Gasteiger partial charge in [0.15, 0.2) is 0 Å². The third-order valence-corrected chi connectivity index (χ3v) is 3.76. The van der Waals surface area contributed by atoms with Gasteiger partial charge in [0.2, 0.25) is 0 Å². The van der Waals surface area contributed by atoms with Crippen LogP contribution in [0.1, 0.15) is 26.3 Å². The number of para-hydroxylation sites is 1. The van der Waals surface area contributed by atoms with Gasteiger partial charge >= 0.3 is 5.97 Å². The van der Waals surface area contributed by atoms with Crippen molar-refractivity contribution in [1.82, 2.24) is 5.43 Å². The molecular weight excluding hydrogens is 328 g/mol. The zero-order valence-corrected chi connectivity index (χ0v) is 14.3. The van der Waals surface area contributed by atoms with E-state index < -0.39 is 5.97 Å². The molecule has 0 radical (unpaired) electrons. The summed E-state index contributed by atoms with van der Waals surface area (Å²) in [5, 5.41) is 1.11. The summed E-state index contributed by atoms with van der Waals surface area (Å²) in [5.74, 6) is -0.947. The van der Waals surface area contributed by atoms with Crippen LogP contribution in [0.15, 0.2) is 84.9 Å². The normalized spacial score (nSPS) is 10.0. The van der Waals surface area contributed by atoms with Gasteiger partial charge in [-0.15, -0.1) is 5.17 Å². The Kier molecular flexibility index (Phi) is 5.29. The molecule has 1 amide bonds. The Morgan fingerprint density at radius 3 is 1.92 bits per heavy atom. The third-order valence-electron chi connectivity index (χ3n) is 3.76. The highest BCUT2D eigenvalue weighted by atomic mass is 16.7. The van der Waals surface area contributed by atoms with Crippen molar-refractivity contribution in [2.24, 2.45) is 0 Å². The topological polar surface area (TPSA) is 58.6 Å². The fourth-order valence-electron chi connectivity index (χ4n) is 2.38. The summed E-state index contributed by atoms with van der Waals surface area (Å²) in [4.78, 5) is 30.4. The van der Waals surface area contributed by atoms with Gasteiger partial charge in [0.25, 0.3) is 5.91 Å². The van der Waals surface area contributed by atoms with Gasteiger partial charge in [-0.05, 0) is 42.8 Å². The van der Waals surface area contributed by atoms with Crippen LogP contribution in [0.5, 0.6) is 0 Å². The first-order valence-corrected chi connectivity index (χ1v) is 8.14. The van der Waals surface area contributed by atoms with E-state index >= 15 is 0 Å². The second kappa shape index (κ2) is 7.98. The van der Waals surface area contributed by atoms with Gasteiger partial charge in [-0.3, -0.25) is 4.79 Å². The van der Waals surface area contributed by atoms with Crippen LogP contribution in [-0.2, 0) is 4.84 Å². The predicted octanol–water partition coefficient (Wildman–Crippen LogP) is 3.92. The molecule has 0 aliphatic carbocycles. The number of hydrogen-bond acceptors (Lipinski definition) is 4. The minimum absolute atomic E-state index is 0.380. The summed E-state index contributed by atoms with van der Waals surface area (Å²) < 4.78 is 0. The Bertz CT molecular complexity index is 842. The summed E-state index contributed by atoms with van der Waals surface area (Å²) in [5.41, 5.74) is 4.91. The molecule has 0 heterocycles. The standard InChI is InChI=1S/C21H18N2O3/c1-16-10-8-9-15-19(16)23(22-20(24)17-11-4-2-5-12-17)26-21(25)18-13-6-3-7-14-18/h2-15H,1H3,(H,22,24). The van der Waals surface area contributed by atoms with Crippen molar-refractivity contribution in [3.8, 4) is 0 Å². The second-order valence-corrected chi connectivity index (χ2v) is 5.63. The van der Waals surface area contributed by atoms with Crippen LogP contribution < -0.4 is 10.6 Å². The van der Waals surface area contributed by atoms with Crippen molar-refractivity contribution >= 4 is 17.6 Å². The Labute approximate surface area is 151 Å². The fraction of sp³-hybridized carbons (Fsp3) is 0.0476. The molecule has 0 spiro atoms. The number of benzene rings is 3. The van der Waals surface area contributed by atoms with E-state index in [2.05, 4.69) is 5.43 Å². The van der Waals surface area contributed by atoms with E-state index in [4.69, 9.17) is 4.84 Å². The summed E-state index contributed by atoms with van der Waals surface area (Å²) in [6.07, 6.45) is 0. The minimum atomic E-state index is -0.567. The second-order valence-electron chi connectivity index (χ2n) is 5.63. The minimum Gasteiger partial charge on any atom is -0.315 e. The van der Waals surface area contributed by atoms with Crippen LogP contribution in [-0.4, -0.2) is 11.9 Å². The largest absolute Gasteiger partial charge is 0.365 e. The quantitative estimate of drug-likeness (QED) is 0.712. The van der Waals surface area contributed by atoms with Gasteiger partial charge in [-0.1, -0.05) is 54.6 Å². The first-order chi connectivity index (χ1) is 12.6. The molecule has 0 aliphatic rings. The van der Waals surface area contributed by atoms with E-state index in [9.17, 15) is 9.59 Å². The van der Waals surface area contributed by atoms with Crippen molar-refractivity contribution in [1.29, 1.82) is 0 Å². The Hall–Kier alpha value is -3.60. The summed E-state index contributed by atoms with van der Waals surface area (Å²) in [6.45, 7) is 1.87. The lowest BCUT2D eigenvalue weighted by Crippen LogP contribution is -2.44. The highest BCUT2D eigenvalue weighted by Crippen LogP contribution is 2.19. The van der Waals surface area contributed by atoms with Gasteiger partial charge < -0.3 is 4.84 Å². The lowest BCUT2D eigenvalue weighted by atomic mass is 10.2. The summed E-state index contributed by atoms with van der Waals surface area (Å²) in [7, 11) is 0. The van der Waals surface area contributed by atoms with Gasteiger partial charge in [0.05, 0.1) is 5.56 Å². The molecule has 5 nitrogen and oxygen atoms in total. The van der Waals surface area contributed by atoms with E-state index in [1.165, 1.54) is 0 Å². The van der Waals surface area contributed by atoms with Gasteiger partial charge in [-0.2, -0.15) is 0 Å². The summed E-state index contributed by atoms with van der Waals surface area (Å²) >= 11 is 0. The maximum absolute atomic E-state index is 12.5. The first-order valence-electron chi connectivity index (χ1n) is 8.14. The van der Waals surface area contributed by atoms with Gasteiger partial charge in [0.1, 0.15) is 5.69 Å². The van der Waals surface area contributed by atoms with Gasteiger partial charge in [-0.25, -0.2) is 10.2 Å². The molecule has 0 saturated carbocycles.